The third-order valence-electron chi connectivity index (χ3n) is 3.79. The number of rotatable bonds is 13. The highest BCUT2D eigenvalue weighted by Gasteiger charge is 2.23. The topological polar surface area (TPSA) is 144 Å². The number of aliphatic carboxylic acids is 2. The molecule has 0 aliphatic carbocycles. The number of carbonyl (C=O) groups excluding carboxylic acids is 1. The second kappa shape index (κ2) is 12.2. The van der Waals surface area contributed by atoms with Gasteiger partial charge in [0.15, 0.2) is 0 Å². The number of hydrogen-bond donors (Lipinski definition) is 4. The van der Waals surface area contributed by atoms with Crippen molar-refractivity contribution in [2.45, 2.75) is 38.1 Å². The van der Waals surface area contributed by atoms with E-state index in [4.69, 9.17) is 10.2 Å². The van der Waals surface area contributed by atoms with Gasteiger partial charge in [0, 0.05) is 13.0 Å². The standard InChI is InChI=1S/C17H24N2O7S/c20-15(18-14(17(23)24)9-10-16(21)22)12-19(27(25)26)11-5-4-8-13-6-2-1-3-7-13/h1-3,6-7,14H,4-5,8-12H2,(H,18,20)(H,21,22)(H,23,24)(H,25,26). The summed E-state index contributed by atoms with van der Waals surface area (Å²) in [6.45, 7) is -0.262. The molecule has 150 valence electrons. The second-order valence-corrected chi connectivity index (χ2v) is 6.91. The lowest BCUT2D eigenvalue weighted by molar-refractivity contribution is -0.143. The van der Waals surface area contributed by atoms with Crippen LogP contribution in [-0.4, -0.2) is 60.3 Å². The number of carboxylic acid groups (broad SMARTS) is 2. The molecule has 10 heteroatoms. The molecule has 0 aromatic heterocycles. The van der Waals surface area contributed by atoms with Crippen molar-refractivity contribution in [1.82, 2.24) is 9.62 Å². The Bertz CT molecular complexity index is 654. The van der Waals surface area contributed by atoms with Gasteiger partial charge in [-0.05, 0) is 31.2 Å². The Hall–Kier alpha value is -2.30. The van der Waals surface area contributed by atoms with E-state index in [1.54, 1.807) is 0 Å². The van der Waals surface area contributed by atoms with Crippen LogP contribution in [0, 0.1) is 0 Å². The van der Waals surface area contributed by atoms with E-state index in [0.29, 0.717) is 6.42 Å². The zero-order valence-corrected chi connectivity index (χ0v) is 15.6. The number of carboxylic acids is 2. The molecule has 0 saturated carbocycles. The predicted octanol–water partition coefficient (Wildman–Crippen LogP) is 0.882. The van der Waals surface area contributed by atoms with Gasteiger partial charge < -0.3 is 15.5 Å². The van der Waals surface area contributed by atoms with Gasteiger partial charge in [-0.2, -0.15) is 4.31 Å². The lowest BCUT2D eigenvalue weighted by Gasteiger charge is -2.19. The van der Waals surface area contributed by atoms with E-state index < -0.39 is 48.1 Å². The number of carbonyl (C=O) groups is 3. The smallest absolute Gasteiger partial charge is 0.326 e. The Morgan fingerprint density at radius 2 is 1.78 bits per heavy atom. The molecular weight excluding hydrogens is 376 g/mol. The molecule has 1 rings (SSSR count). The highest BCUT2D eigenvalue weighted by molar-refractivity contribution is 7.76. The van der Waals surface area contributed by atoms with Crippen LogP contribution < -0.4 is 5.32 Å². The van der Waals surface area contributed by atoms with Gasteiger partial charge in [-0.15, -0.1) is 0 Å². The Morgan fingerprint density at radius 3 is 2.33 bits per heavy atom. The first-order chi connectivity index (χ1) is 12.8. The van der Waals surface area contributed by atoms with Crippen LogP contribution in [0.3, 0.4) is 0 Å². The molecule has 0 fully saturated rings. The minimum atomic E-state index is -2.38. The molecule has 1 aromatic carbocycles. The quantitative estimate of drug-likeness (QED) is 0.284. The van der Waals surface area contributed by atoms with Crippen LogP contribution in [0.4, 0.5) is 0 Å². The van der Waals surface area contributed by atoms with Gasteiger partial charge in [-0.1, -0.05) is 30.3 Å². The monoisotopic (exact) mass is 400 g/mol. The molecule has 0 spiro atoms. The van der Waals surface area contributed by atoms with Gasteiger partial charge in [-0.3, -0.25) is 14.1 Å². The summed E-state index contributed by atoms with van der Waals surface area (Å²) in [6.07, 6.45) is 1.46. The van der Waals surface area contributed by atoms with Crippen LogP contribution in [-0.2, 0) is 32.1 Å². The largest absolute Gasteiger partial charge is 0.481 e. The summed E-state index contributed by atoms with van der Waals surface area (Å²) in [4.78, 5) is 33.6. The van der Waals surface area contributed by atoms with Gasteiger partial charge >= 0.3 is 11.9 Å². The van der Waals surface area contributed by atoms with Crippen LogP contribution in [0.2, 0.25) is 0 Å². The van der Waals surface area contributed by atoms with Gasteiger partial charge in [0.2, 0.25) is 17.2 Å². The third kappa shape index (κ3) is 9.83. The molecule has 0 aliphatic rings. The molecule has 27 heavy (non-hydrogen) atoms. The molecule has 0 radical (unpaired) electrons. The lowest BCUT2D eigenvalue weighted by atomic mass is 10.1. The number of benzene rings is 1. The van der Waals surface area contributed by atoms with E-state index in [1.807, 2.05) is 30.3 Å². The van der Waals surface area contributed by atoms with Gasteiger partial charge in [-0.25, -0.2) is 9.00 Å². The van der Waals surface area contributed by atoms with E-state index in [9.17, 15) is 23.1 Å². The van der Waals surface area contributed by atoms with Crippen molar-refractivity contribution >= 4 is 29.1 Å². The van der Waals surface area contributed by atoms with Crippen molar-refractivity contribution in [2.24, 2.45) is 0 Å². The van der Waals surface area contributed by atoms with Crippen molar-refractivity contribution in [2.75, 3.05) is 13.1 Å². The molecule has 0 heterocycles. The average molecular weight is 400 g/mol. The van der Waals surface area contributed by atoms with E-state index in [2.05, 4.69) is 5.32 Å². The maximum absolute atomic E-state index is 12.0. The zero-order valence-electron chi connectivity index (χ0n) is 14.7. The summed E-state index contributed by atoms with van der Waals surface area (Å²) >= 11 is -2.38. The molecule has 0 aliphatic heterocycles. The molecule has 0 saturated heterocycles. The number of amides is 1. The normalized spacial score (nSPS) is 13.1. The van der Waals surface area contributed by atoms with Crippen molar-refractivity contribution < 1.29 is 33.4 Å². The first-order valence-corrected chi connectivity index (χ1v) is 9.49. The molecule has 0 bridgehead atoms. The zero-order chi connectivity index (χ0) is 20.2. The first kappa shape index (κ1) is 22.7. The maximum atomic E-state index is 12.0. The highest BCUT2D eigenvalue weighted by atomic mass is 32.2. The van der Waals surface area contributed by atoms with Gasteiger partial charge in [0.1, 0.15) is 6.04 Å². The van der Waals surface area contributed by atoms with Crippen molar-refractivity contribution in [3.05, 3.63) is 35.9 Å². The Labute approximate surface area is 159 Å². The Balaban J connectivity index is 2.44. The van der Waals surface area contributed by atoms with E-state index in [1.165, 1.54) is 0 Å². The van der Waals surface area contributed by atoms with Crippen molar-refractivity contribution in [3.8, 4) is 0 Å². The SMILES string of the molecule is O=C(O)CCC(NC(=O)CN(CCCCc1ccccc1)S(=O)O)C(=O)O. The molecule has 4 N–H and O–H groups in total. The van der Waals surface area contributed by atoms with E-state index in [-0.39, 0.29) is 13.0 Å². The van der Waals surface area contributed by atoms with Crippen LogP contribution in [0.5, 0.6) is 0 Å². The molecule has 1 amide bonds. The lowest BCUT2D eigenvalue weighted by Crippen LogP contribution is -2.46. The minimum Gasteiger partial charge on any atom is -0.481 e. The summed E-state index contributed by atoms with van der Waals surface area (Å²) < 4.78 is 21.7. The fourth-order valence-electron chi connectivity index (χ4n) is 2.40. The summed E-state index contributed by atoms with van der Waals surface area (Å²) in [5.74, 6) is -3.28. The van der Waals surface area contributed by atoms with E-state index in [0.717, 1.165) is 22.7 Å². The molecule has 2 atom stereocenters. The molecular formula is C17H24N2O7S. The number of nitrogens with one attached hydrogen (secondary N) is 1. The van der Waals surface area contributed by atoms with Crippen LogP contribution in [0.15, 0.2) is 30.3 Å². The summed E-state index contributed by atoms with van der Waals surface area (Å²) in [7, 11) is 0. The minimum absolute atomic E-state index is 0.191. The van der Waals surface area contributed by atoms with Crippen molar-refractivity contribution in [1.29, 1.82) is 0 Å². The number of nitrogens with zero attached hydrogens (tertiary/aromatic N) is 1. The summed E-state index contributed by atoms with van der Waals surface area (Å²) in [6, 6.07) is 8.38. The highest BCUT2D eigenvalue weighted by Crippen LogP contribution is 2.06. The first-order valence-electron chi connectivity index (χ1n) is 8.43. The number of unbranched alkanes of at least 4 members (excludes halogenated alkanes) is 1. The molecule has 9 nitrogen and oxygen atoms in total. The fourth-order valence-corrected chi connectivity index (χ4v) is 2.91. The Morgan fingerprint density at radius 1 is 1.11 bits per heavy atom. The Kier molecular flexibility index (Phi) is 10.2. The van der Waals surface area contributed by atoms with Crippen molar-refractivity contribution in [3.63, 3.8) is 0 Å². The number of aryl methyl sites for hydroxylation is 1. The summed E-state index contributed by atoms with van der Waals surface area (Å²) in [5.41, 5.74) is 1.15. The fraction of sp³-hybridized carbons (Fsp3) is 0.471. The maximum Gasteiger partial charge on any atom is 0.326 e. The average Bonchev–Trinajstić information content (AvgIpc) is 2.61. The van der Waals surface area contributed by atoms with Crippen LogP contribution >= 0.6 is 0 Å². The van der Waals surface area contributed by atoms with Gasteiger partial charge in [0.05, 0.1) is 6.54 Å². The van der Waals surface area contributed by atoms with E-state index >= 15 is 0 Å². The predicted molar refractivity (Wildman–Crippen MR) is 98.2 cm³/mol. The van der Waals surface area contributed by atoms with Gasteiger partial charge in [0.25, 0.3) is 0 Å². The van der Waals surface area contributed by atoms with Crippen LogP contribution in [0.25, 0.3) is 0 Å². The second-order valence-electron chi connectivity index (χ2n) is 5.93. The number of hydrogen-bond acceptors (Lipinski definition) is 4. The third-order valence-corrected chi connectivity index (χ3v) is 4.54. The molecule has 1 aromatic rings. The van der Waals surface area contributed by atoms with Crippen LogP contribution in [0.1, 0.15) is 31.2 Å². The molecule has 2 unspecified atom stereocenters. The summed E-state index contributed by atoms with van der Waals surface area (Å²) in [5, 5.41) is 19.8.